The largest absolute Gasteiger partial charge is 0.424 e. The first-order valence-corrected chi connectivity index (χ1v) is 10.2. The predicted octanol–water partition coefficient (Wildman–Crippen LogP) is 1.11. The van der Waals surface area contributed by atoms with Gasteiger partial charge in [-0.25, -0.2) is 0 Å². The fourth-order valence-corrected chi connectivity index (χ4v) is 4.31. The number of hydrogen-bond acceptors (Lipinski definition) is 6. The van der Waals surface area contributed by atoms with Crippen LogP contribution in [0.2, 0.25) is 0 Å². The van der Waals surface area contributed by atoms with Gasteiger partial charge in [0.15, 0.2) is 0 Å². The summed E-state index contributed by atoms with van der Waals surface area (Å²) in [4.78, 5) is 29.3. The lowest BCUT2D eigenvalue weighted by molar-refractivity contribution is -0.134. The third kappa shape index (κ3) is 4.48. The average molecular weight is 375 g/mol. The number of carbonyl (C=O) groups excluding carboxylic acids is 2. The molecule has 2 saturated heterocycles. The molecule has 0 bridgehead atoms. The summed E-state index contributed by atoms with van der Waals surface area (Å²) in [5.74, 6) is 1.70. The molecule has 3 aliphatic rings. The van der Waals surface area contributed by atoms with Crippen LogP contribution in [0.3, 0.4) is 0 Å². The lowest BCUT2D eigenvalue weighted by atomic mass is 9.93. The summed E-state index contributed by atoms with van der Waals surface area (Å²) in [5, 5.41) is 10.6. The molecule has 1 saturated carbocycles. The minimum Gasteiger partial charge on any atom is -0.424 e. The first kappa shape index (κ1) is 18.4. The topological polar surface area (TPSA) is 91.6 Å². The van der Waals surface area contributed by atoms with E-state index in [-0.39, 0.29) is 18.4 Å². The maximum absolute atomic E-state index is 12.5. The maximum Gasteiger partial charge on any atom is 0.235 e. The molecule has 4 rings (SSSR count). The van der Waals surface area contributed by atoms with E-state index in [0.717, 1.165) is 64.7 Å². The van der Waals surface area contributed by atoms with E-state index < -0.39 is 0 Å². The fourth-order valence-electron chi connectivity index (χ4n) is 4.31. The van der Waals surface area contributed by atoms with Gasteiger partial charge >= 0.3 is 0 Å². The van der Waals surface area contributed by atoms with Gasteiger partial charge < -0.3 is 14.6 Å². The van der Waals surface area contributed by atoms with Gasteiger partial charge in [-0.05, 0) is 45.1 Å². The first-order valence-electron chi connectivity index (χ1n) is 10.2. The Kier molecular flexibility index (Phi) is 5.43. The number of hydrogen-bond donors (Lipinski definition) is 1. The number of piperidine rings is 2. The normalized spacial score (nSPS) is 24.8. The van der Waals surface area contributed by atoms with Gasteiger partial charge in [-0.1, -0.05) is 0 Å². The van der Waals surface area contributed by atoms with Gasteiger partial charge in [0.05, 0.1) is 12.5 Å². The van der Waals surface area contributed by atoms with Gasteiger partial charge in [-0.3, -0.25) is 14.5 Å². The van der Waals surface area contributed by atoms with Crippen LogP contribution in [0.4, 0.5) is 0 Å². The van der Waals surface area contributed by atoms with E-state index in [1.165, 1.54) is 0 Å². The summed E-state index contributed by atoms with van der Waals surface area (Å²) < 4.78 is 5.31. The average Bonchev–Trinajstić information content (AvgIpc) is 3.47. The van der Waals surface area contributed by atoms with Crippen molar-refractivity contribution in [3.63, 3.8) is 0 Å². The molecule has 3 fully saturated rings. The second-order valence-corrected chi connectivity index (χ2v) is 8.10. The van der Waals surface area contributed by atoms with E-state index in [2.05, 4.69) is 25.3 Å². The van der Waals surface area contributed by atoms with E-state index in [0.29, 0.717) is 29.6 Å². The molecule has 1 aromatic rings. The summed E-state index contributed by atoms with van der Waals surface area (Å²) in [5.41, 5.74) is 0. The zero-order valence-electron chi connectivity index (χ0n) is 16.0. The van der Waals surface area contributed by atoms with E-state index in [4.69, 9.17) is 4.42 Å². The highest BCUT2D eigenvalue weighted by atomic mass is 16.4. The predicted molar refractivity (Wildman–Crippen MR) is 97.5 cm³/mol. The van der Waals surface area contributed by atoms with E-state index in [1.54, 1.807) is 6.92 Å². The van der Waals surface area contributed by atoms with Crippen LogP contribution in [0, 0.1) is 18.8 Å². The van der Waals surface area contributed by atoms with E-state index in [9.17, 15) is 9.59 Å². The first-order chi connectivity index (χ1) is 13.1. The molecule has 0 aromatic carbocycles. The van der Waals surface area contributed by atoms with Crippen LogP contribution in [0.5, 0.6) is 0 Å². The van der Waals surface area contributed by atoms with Gasteiger partial charge in [-0.15, -0.1) is 10.2 Å². The molecule has 2 aliphatic heterocycles. The van der Waals surface area contributed by atoms with Crippen molar-refractivity contribution in [1.29, 1.82) is 0 Å². The Balaban J connectivity index is 1.24. The number of aryl methyl sites for hydroxylation is 1. The number of likely N-dealkylation sites (tertiary alicyclic amines) is 2. The highest BCUT2D eigenvalue weighted by Crippen LogP contribution is 2.32. The molecule has 3 heterocycles. The van der Waals surface area contributed by atoms with Crippen LogP contribution in [0.25, 0.3) is 0 Å². The van der Waals surface area contributed by atoms with Crippen molar-refractivity contribution >= 4 is 11.8 Å². The zero-order valence-corrected chi connectivity index (χ0v) is 16.0. The molecule has 27 heavy (non-hydrogen) atoms. The standard InChI is InChI=1S/C19H29N5O3/c1-13-21-22-17(27-13)11-20-18(25)15-3-2-8-24(12-15)16-6-9-23(10-7-16)19(26)14-4-5-14/h14-16H,2-12H2,1H3,(H,20,25)/t15-/m1/s1. The quantitative estimate of drug-likeness (QED) is 0.829. The van der Waals surface area contributed by atoms with Crippen LogP contribution >= 0.6 is 0 Å². The molecular weight excluding hydrogens is 346 g/mol. The van der Waals surface area contributed by atoms with Gasteiger partial charge in [-0.2, -0.15) is 0 Å². The number of aromatic nitrogens is 2. The number of amides is 2. The lowest BCUT2D eigenvalue weighted by Gasteiger charge is -2.42. The van der Waals surface area contributed by atoms with Crippen molar-refractivity contribution in [1.82, 2.24) is 25.3 Å². The van der Waals surface area contributed by atoms with E-state index >= 15 is 0 Å². The Bertz CT molecular complexity index is 679. The molecule has 2 amide bonds. The minimum absolute atomic E-state index is 0.00824. The number of rotatable bonds is 5. The van der Waals surface area contributed by atoms with Crippen molar-refractivity contribution in [2.24, 2.45) is 11.8 Å². The second kappa shape index (κ2) is 7.96. The highest BCUT2D eigenvalue weighted by Gasteiger charge is 2.37. The molecule has 0 spiro atoms. The number of carbonyl (C=O) groups is 2. The summed E-state index contributed by atoms with van der Waals surface area (Å²) in [7, 11) is 0. The van der Waals surface area contributed by atoms with Gasteiger partial charge in [0, 0.05) is 38.5 Å². The Morgan fingerprint density at radius 3 is 2.52 bits per heavy atom. The zero-order chi connectivity index (χ0) is 18.8. The van der Waals surface area contributed by atoms with Crippen molar-refractivity contribution in [3.8, 4) is 0 Å². The molecule has 148 valence electrons. The molecule has 1 N–H and O–H groups in total. The summed E-state index contributed by atoms with van der Waals surface area (Å²) in [6.07, 6.45) is 6.15. The highest BCUT2D eigenvalue weighted by molar-refractivity contribution is 5.81. The molecule has 1 aliphatic carbocycles. The number of nitrogens with zero attached hydrogens (tertiary/aromatic N) is 4. The Hall–Kier alpha value is -1.96. The monoisotopic (exact) mass is 375 g/mol. The fraction of sp³-hybridized carbons (Fsp3) is 0.789. The Morgan fingerprint density at radius 2 is 1.85 bits per heavy atom. The third-order valence-electron chi connectivity index (χ3n) is 6.02. The van der Waals surface area contributed by atoms with Crippen molar-refractivity contribution < 1.29 is 14.0 Å². The van der Waals surface area contributed by atoms with Gasteiger partial charge in [0.1, 0.15) is 0 Å². The number of nitrogens with one attached hydrogen (secondary N) is 1. The van der Waals surface area contributed by atoms with Crippen molar-refractivity contribution in [2.75, 3.05) is 26.2 Å². The molecule has 0 radical (unpaired) electrons. The summed E-state index contributed by atoms with van der Waals surface area (Å²) >= 11 is 0. The van der Waals surface area contributed by atoms with Crippen molar-refractivity contribution in [2.45, 2.75) is 58.0 Å². The van der Waals surface area contributed by atoms with Crippen LogP contribution in [0.15, 0.2) is 4.42 Å². The lowest BCUT2D eigenvalue weighted by Crippen LogP contribution is -2.51. The van der Waals surface area contributed by atoms with Crippen LogP contribution in [-0.4, -0.2) is 64.0 Å². The van der Waals surface area contributed by atoms with E-state index in [1.807, 2.05) is 0 Å². The second-order valence-electron chi connectivity index (χ2n) is 8.10. The summed E-state index contributed by atoms with van der Waals surface area (Å²) in [6.45, 7) is 5.61. The Labute approximate surface area is 159 Å². The maximum atomic E-state index is 12.5. The summed E-state index contributed by atoms with van der Waals surface area (Å²) in [6, 6.07) is 0.488. The van der Waals surface area contributed by atoms with Crippen LogP contribution < -0.4 is 5.32 Å². The molecule has 1 aromatic heterocycles. The van der Waals surface area contributed by atoms with Crippen molar-refractivity contribution in [3.05, 3.63) is 11.8 Å². The minimum atomic E-state index is 0.00824. The molecule has 8 heteroatoms. The molecule has 8 nitrogen and oxygen atoms in total. The molecular formula is C19H29N5O3. The van der Waals surface area contributed by atoms with Gasteiger partial charge in [0.2, 0.25) is 23.6 Å². The smallest absolute Gasteiger partial charge is 0.235 e. The molecule has 0 unspecified atom stereocenters. The SMILES string of the molecule is Cc1nnc(CNC(=O)[C@@H]2CCCN(C3CCN(C(=O)C4CC4)CC3)C2)o1. The Morgan fingerprint density at radius 1 is 1.07 bits per heavy atom. The van der Waals surface area contributed by atoms with Crippen LogP contribution in [0.1, 0.15) is 50.3 Å². The molecule has 1 atom stereocenters. The van der Waals surface area contributed by atoms with Gasteiger partial charge in [0.25, 0.3) is 0 Å². The van der Waals surface area contributed by atoms with Crippen LogP contribution in [-0.2, 0) is 16.1 Å². The third-order valence-corrected chi connectivity index (χ3v) is 6.02.